The zero-order chi connectivity index (χ0) is 46.3. The molecule has 335 valence electrons. The predicted molar refractivity (Wildman–Crippen MR) is 243 cm³/mol. The maximum Gasteiger partial charge on any atom is 1.00 e. The van der Waals surface area contributed by atoms with Gasteiger partial charge in [-0.15, -0.1) is 39.7 Å². The molecule has 7 heterocycles. The first-order valence-corrected chi connectivity index (χ1v) is 22.7. The van der Waals surface area contributed by atoms with Gasteiger partial charge in [0.05, 0.1) is 26.1 Å². The molecular weight excluding hydrogens is 1010 g/mol. The molecule has 0 aliphatic heterocycles. The quantitative estimate of drug-likeness (QED) is 0.0250. The predicted octanol–water partition coefficient (Wildman–Crippen LogP) is 11.1. The minimum Gasteiger partial charge on any atom is -0.697 e. The summed E-state index contributed by atoms with van der Waals surface area (Å²) < 4.78 is 46.1. The molecule has 0 saturated heterocycles. The fourth-order valence-electron chi connectivity index (χ4n) is 6.47. The number of aromatic carboxylic acids is 3. The van der Waals surface area contributed by atoms with Crippen LogP contribution in [0.15, 0.2) is 85.3 Å². The molecule has 7 aromatic rings. The molecule has 7 rings (SSSR count). The Hall–Kier alpha value is -5.91. The number of allylic oxidation sites excluding steroid dienone is 1. The van der Waals surface area contributed by atoms with E-state index in [0.717, 1.165) is 28.6 Å². The van der Waals surface area contributed by atoms with E-state index in [4.69, 9.17) is 16.4 Å². The molecule has 0 atom stereocenters. The number of carbonyl (C=O) groups is 3. The number of carboxylic acids is 3. The molecule has 0 fully saturated rings. The molecule has 0 spiro atoms. The van der Waals surface area contributed by atoms with Crippen LogP contribution in [0.4, 0.5) is 13.2 Å². The minimum atomic E-state index is -4.77. The van der Waals surface area contributed by atoms with Crippen molar-refractivity contribution in [1.82, 2.24) is 9.97 Å². The molecule has 0 amide bonds. The number of hydrogen-bond acceptors (Lipinski definition) is 11. The molecule has 5 N–H and O–H groups in total. The number of aryl methyl sites for hydroxylation is 2. The Bertz CT molecular complexity index is 3010. The number of nitrogens with zero attached hydrogens (tertiary/aromatic N) is 5. The van der Waals surface area contributed by atoms with Gasteiger partial charge in [-0.2, -0.15) is 27.6 Å². The number of unbranched alkanes of at least 4 members (excludes halogenated alkanes) is 3. The average molecular weight is 1050 g/mol. The fourth-order valence-corrected chi connectivity index (χ4v) is 11.0. The zero-order valence-electron chi connectivity index (χ0n) is 34.2. The summed E-state index contributed by atoms with van der Waals surface area (Å²) in [6, 6.07) is 15.9. The second kappa shape index (κ2) is 21.9. The molecular formula is C44H37F3N7O6RuS4+2. The summed E-state index contributed by atoms with van der Waals surface area (Å²) in [6.45, 7) is 2.22. The molecule has 0 saturated carbocycles. The Balaban J connectivity index is 0.000000240. The topological polar surface area (TPSA) is 217 Å². The number of nitrogens with one attached hydrogen (secondary N) is 2. The summed E-state index contributed by atoms with van der Waals surface area (Å²) in [7, 11) is 1.67. The van der Waals surface area contributed by atoms with Gasteiger partial charge in [-0.1, -0.05) is 26.2 Å². The van der Waals surface area contributed by atoms with Crippen molar-refractivity contribution in [1.29, 1.82) is 10.7 Å². The van der Waals surface area contributed by atoms with Gasteiger partial charge in [0.15, 0.2) is 6.20 Å². The van der Waals surface area contributed by atoms with Crippen LogP contribution in [0.25, 0.3) is 63.4 Å². The van der Waals surface area contributed by atoms with Gasteiger partial charge >= 0.3 is 43.6 Å². The van der Waals surface area contributed by atoms with E-state index < -0.39 is 35.5 Å². The van der Waals surface area contributed by atoms with Gasteiger partial charge in [-0.3, -0.25) is 10.4 Å². The van der Waals surface area contributed by atoms with Gasteiger partial charge < -0.3 is 21.1 Å². The van der Waals surface area contributed by atoms with E-state index in [1.807, 2.05) is 16.7 Å². The van der Waals surface area contributed by atoms with Crippen LogP contribution in [-0.4, -0.2) is 55.1 Å². The minimum absolute atomic E-state index is 0. The molecule has 1 radical (unpaired) electrons. The number of hydrogen-bond donors (Lipinski definition) is 4. The van der Waals surface area contributed by atoms with Gasteiger partial charge in [0.2, 0.25) is 11.6 Å². The molecule has 0 unspecified atom stereocenters. The Morgan fingerprint density at radius 1 is 0.846 bits per heavy atom. The Morgan fingerprint density at radius 3 is 2.17 bits per heavy atom. The number of halogens is 3. The number of rotatable bonds is 15. The number of fused-ring (bicyclic) bond motifs is 3. The summed E-state index contributed by atoms with van der Waals surface area (Å²) in [6.07, 6.45) is 6.14. The van der Waals surface area contributed by atoms with Crippen LogP contribution in [0.1, 0.15) is 74.3 Å². The number of carboxylic acid groups (broad SMARTS) is 3. The summed E-state index contributed by atoms with van der Waals surface area (Å²) in [5.74, 6) is -3.52. The third kappa shape index (κ3) is 12.1. The van der Waals surface area contributed by atoms with E-state index in [-0.39, 0.29) is 59.1 Å². The van der Waals surface area contributed by atoms with Crippen molar-refractivity contribution in [2.75, 3.05) is 0 Å². The van der Waals surface area contributed by atoms with Crippen molar-refractivity contribution in [3.05, 3.63) is 118 Å². The molecule has 21 heteroatoms. The number of thiocyanates is 1. The Kier molecular flexibility index (Phi) is 16.8. The normalized spacial score (nSPS) is 11.4. The zero-order valence-corrected chi connectivity index (χ0v) is 39.3. The average Bonchev–Trinajstić information content (AvgIpc) is 3.95. The molecule has 0 aliphatic carbocycles. The molecule has 0 bridgehead atoms. The molecule has 65 heavy (non-hydrogen) atoms. The first-order chi connectivity index (χ1) is 30.5. The summed E-state index contributed by atoms with van der Waals surface area (Å²) in [5, 5.41) is 46.5. The van der Waals surface area contributed by atoms with Crippen LogP contribution in [0.3, 0.4) is 0 Å². The first kappa shape index (κ1) is 50.1. The number of thioether (sulfide) groups is 1. The number of thiophene rings is 3. The van der Waals surface area contributed by atoms with Crippen LogP contribution in [-0.2, 0) is 38.8 Å². The van der Waals surface area contributed by atoms with Crippen molar-refractivity contribution in [2.45, 2.75) is 51.1 Å². The summed E-state index contributed by atoms with van der Waals surface area (Å²) in [5.41, 5.74) is 7.82. The van der Waals surface area contributed by atoms with Crippen LogP contribution in [0.5, 0.6) is 0 Å². The number of nitriles is 1. The van der Waals surface area contributed by atoms with Crippen molar-refractivity contribution in [3.8, 4) is 38.6 Å². The van der Waals surface area contributed by atoms with Gasteiger partial charge in [-0.05, 0) is 60.9 Å². The molecule has 0 aliphatic rings. The van der Waals surface area contributed by atoms with Crippen molar-refractivity contribution >= 4 is 93.9 Å². The Labute approximate surface area is 398 Å². The third-order valence-electron chi connectivity index (χ3n) is 9.66. The van der Waals surface area contributed by atoms with Crippen molar-refractivity contribution in [3.63, 3.8) is 0 Å². The standard InChI is InChI=1S/C23H21F3N3S3.C21H14N4O6S.Ru/c1-2-3-4-5-6-14-10-18-21(30-14)22-19(31-18)12-17(32-22)13-7-8-29-16(9-13)15(27)11-20(28)23(24,25)26;1-24-5-3-13(20(28)29)7-17(24)18-9-14(21(30)31)8-16(25(18)11-32-10-22)15-6-12(19(26)27)2-4-23-15;/h7-12,27-28H,2-6H2,1H3;2-9H,11H2,1H3,(H-2,26,27,28,29,30,31);/q-1;;+1/p+2/b15-11-,28-20?;;. The van der Waals surface area contributed by atoms with Gasteiger partial charge in [0.1, 0.15) is 23.9 Å². The van der Waals surface area contributed by atoms with E-state index >= 15 is 0 Å². The number of aromatic nitrogens is 4. The van der Waals surface area contributed by atoms with E-state index in [0.29, 0.717) is 17.5 Å². The van der Waals surface area contributed by atoms with Crippen LogP contribution >= 0.6 is 45.8 Å². The van der Waals surface area contributed by atoms with Crippen molar-refractivity contribution in [2.24, 2.45) is 7.05 Å². The monoisotopic (exact) mass is 1050 g/mol. The Morgan fingerprint density at radius 2 is 1.49 bits per heavy atom. The second-order valence-electron chi connectivity index (χ2n) is 14.1. The number of alkyl halides is 3. The molecule has 7 aromatic heterocycles. The van der Waals surface area contributed by atoms with E-state index in [1.54, 1.807) is 51.0 Å². The van der Waals surface area contributed by atoms with Crippen LogP contribution in [0.2, 0.25) is 0 Å². The van der Waals surface area contributed by atoms with E-state index in [9.17, 15) is 42.9 Å². The molecule has 0 aromatic carbocycles. The van der Waals surface area contributed by atoms with Crippen LogP contribution < -0.4 is 9.13 Å². The van der Waals surface area contributed by atoms with E-state index in [2.05, 4.69) is 29.0 Å². The SMILES string of the molecule is CCCCCCc1cc2sc3cc(-c4ccnc(/C([NH-])=C/C(=N)C(F)(F)F)c4)sc3c2s1.C[n+]1ccc(C(=O)O)cc1-c1cc(C(=O)O)cc(-c2cc(C(=O)O)ccn2)[n+]1CSC#N.[Ru+]. The van der Waals surface area contributed by atoms with Crippen molar-refractivity contribution < 1.29 is 71.5 Å². The largest absolute Gasteiger partial charge is 1.00 e. The van der Waals surface area contributed by atoms with Gasteiger partial charge in [0, 0.05) is 73.3 Å². The third-order valence-corrected chi connectivity index (χ3v) is 14.1. The molecule has 13 nitrogen and oxygen atoms in total. The summed E-state index contributed by atoms with van der Waals surface area (Å²) in [4.78, 5) is 45.4. The van der Waals surface area contributed by atoms with Crippen LogP contribution in [0, 0.1) is 16.1 Å². The fraction of sp³-hybridized carbons (Fsp3) is 0.205. The smallest absolute Gasteiger partial charge is 0.697 e. The maximum atomic E-state index is 12.6. The van der Waals surface area contributed by atoms with E-state index in [1.165, 1.54) is 104 Å². The number of pyridine rings is 4. The summed E-state index contributed by atoms with van der Waals surface area (Å²) >= 11 is 6.16. The first-order valence-electron chi connectivity index (χ1n) is 19.2. The van der Waals surface area contributed by atoms with Gasteiger partial charge in [0.25, 0.3) is 11.4 Å². The van der Waals surface area contributed by atoms with Gasteiger partial charge in [-0.25, -0.2) is 19.4 Å². The second-order valence-corrected chi connectivity index (χ2v) is 18.1. The maximum absolute atomic E-state index is 12.6.